The number of hydrogen-bond donors (Lipinski definition) is 2. The van der Waals surface area contributed by atoms with Gasteiger partial charge in [-0.25, -0.2) is 0 Å². The first kappa shape index (κ1) is 11.6. The zero-order valence-corrected chi connectivity index (χ0v) is 9.89. The molecule has 0 spiro atoms. The SMILES string of the molecule is CCC(CN)C(O)c1ccc(C2CC2)cc1. The van der Waals surface area contributed by atoms with Crippen LogP contribution < -0.4 is 5.73 Å². The van der Waals surface area contributed by atoms with Crippen molar-refractivity contribution in [3.8, 4) is 0 Å². The Morgan fingerprint density at radius 2 is 1.94 bits per heavy atom. The molecule has 0 radical (unpaired) electrons. The van der Waals surface area contributed by atoms with Crippen molar-refractivity contribution in [2.24, 2.45) is 11.7 Å². The molecule has 88 valence electrons. The van der Waals surface area contributed by atoms with E-state index >= 15 is 0 Å². The normalized spacial score (nSPS) is 19.4. The summed E-state index contributed by atoms with van der Waals surface area (Å²) >= 11 is 0. The predicted octanol–water partition coefficient (Wildman–Crippen LogP) is 2.58. The molecule has 2 nitrogen and oxygen atoms in total. The standard InChI is InChI=1S/C14H21NO/c1-2-10(9-15)14(16)13-7-5-12(6-8-13)11-3-4-11/h5-8,10-11,14,16H,2-4,9,15H2,1H3. The Morgan fingerprint density at radius 1 is 1.31 bits per heavy atom. The van der Waals surface area contributed by atoms with Crippen LogP contribution in [0, 0.1) is 5.92 Å². The van der Waals surface area contributed by atoms with Gasteiger partial charge in [-0.3, -0.25) is 0 Å². The molecule has 2 atom stereocenters. The molecule has 1 aromatic carbocycles. The van der Waals surface area contributed by atoms with Crippen molar-refractivity contribution in [2.75, 3.05) is 6.54 Å². The minimum absolute atomic E-state index is 0.173. The molecule has 0 aromatic heterocycles. The molecule has 0 aliphatic heterocycles. The minimum atomic E-state index is -0.414. The fourth-order valence-corrected chi connectivity index (χ4v) is 2.17. The molecule has 1 aliphatic rings. The summed E-state index contributed by atoms with van der Waals surface area (Å²) in [6, 6.07) is 8.41. The average Bonchev–Trinajstić information content (AvgIpc) is 3.15. The molecule has 2 rings (SSSR count). The van der Waals surface area contributed by atoms with E-state index in [2.05, 4.69) is 31.2 Å². The van der Waals surface area contributed by atoms with Gasteiger partial charge in [0.2, 0.25) is 0 Å². The van der Waals surface area contributed by atoms with Crippen LogP contribution in [0.3, 0.4) is 0 Å². The Hall–Kier alpha value is -0.860. The first-order chi connectivity index (χ1) is 7.76. The van der Waals surface area contributed by atoms with Crippen LogP contribution in [0.4, 0.5) is 0 Å². The smallest absolute Gasteiger partial charge is 0.0830 e. The molecule has 1 fully saturated rings. The van der Waals surface area contributed by atoms with E-state index in [9.17, 15) is 5.11 Å². The van der Waals surface area contributed by atoms with Crippen LogP contribution in [-0.2, 0) is 0 Å². The van der Waals surface area contributed by atoms with Crippen molar-refractivity contribution in [3.63, 3.8) is 0 Å². The number of benzene rings is 1. The molecular formula is C14H21NO. The molecule has 1 aromatic rings. The highest BCUT2D eigenvalue weighted by Crippen LogP contribution is 2.40. The molecule has 0 amide bonds. The van der Waals surface area contributed by atoms with E-state index in [0.29, 0.717) is 6.54 Å². The van der Waals surface area contributed by atoms with Crippen molar-refractivity contribution in [3.05, 3.63) is 35.4 Å². The molecule has 1 aliphatic carbocycles. The maximum absolute atomic E-state index is 10.1. The minimum Gasteiger partial charge on any atom is -0.388 e. The van der Waals surface area contributed by atoms with E-state index < -0.39 is 6.10 Å². The quantitative estimate of drug-likeness (QED) is 0.799. The highest BCUT2D eigenvalue weighted by molar-refractivity contribution is 5.29. The summed E-state index contributed by atoms with van der Waals surface area (Å²) in [5.74, 6) is 0.953. The molecule has 16 heavy (non-hydrogen) atoms. The van der Waals surface area contributed by atoms with Crippen LogP contribution in [-0.4, -0.2) is 11.7 Å². The zero-order chi connectivity index (χ0) is 11.5. The van der Waals surface area contributed by atoms with Crippen LogP contribution in [0.25, 0.3) is 0 Å². The Morgan fingerprint density at radius 3 is 2.38 bits per heavy atom. The van der Waals surface area contributed by atoms with Gasteiger partial charge in [0.25, 0.3) is 0 Å². The van der Waals surface area contributed by atoms with E-state index in [1.807, 2.05) is 0 Å². The van der Waals surface area contributed by atoms with Crippen LogP contribution in [0.5, 0.6) is 0 Å². The van der Waals surface area contributed by atoms with Gasteiger partial charge in [-0.2, -0.15) is 0 Å². The number of aliphatic hydroxyl groups is 1. The summed E-state index contributed by atoms with van der Waals surface area (Å²) in [7, 11) is 0. The van der Waals surface area contributed by atoms with E-state index in [1.54, 1.807) is 0 Å². The third-order valence-electron chi connectivity index (χ3n) is 3.60. The van der Waals surface area contributed by atoms with Crippen molar-refractivity contribution in [1.29, 1.82) is 0 Å². The van der Waals surface area contributed by atoms with E-state index in [0.717, 1.165) is 17.9 Å². The summed E-state index contributed by atoms with van der Waals surface area (Å²) in [6.07, 6.45) is 3.15. The van der Waals surface area contributed by atoms with Gasteiger partial charge in [-0.1, -0.05) is 31.2 Å². The summed E-state index contributed by atoms with van der Waals surface area (Å²) in [5.41, 5.74) is 8.06. The Balaban J connectivity index is 2.07. The van der Waals surface area contributed by atoms with Gasteiger partial charge < -0.3 is 10.8 Å². The van der Waals surface area contributed by atoms with Gasteiger partial charge in [0, 0.05) is 5.92 Å². The predicted molar refractivity (Wildman–Crippen MR) is 66.2 cm³/mol. The van der Waals surface area contributed by atoms with Crippen molar-refractivity contribution < 1.29 is 5.11 Å². The second kappa shape index (κ2) is 4.98. The van der Waals surface area contributed by atoms with Crippen molar-refractivity contribution in [1.82, 2.24) is 0 Å². The third kappa shape index (κ3) is 2.45. The molecule has 0 heterocycles. The number of nitrogens with two attached hydrogens (primary N) is 1. The molecule has 2 heteroatoms. The fourth-order valence-electron chi connectivity index (χ4n) is 2.17. The van der Waals surface area contributed by atoms with Gasteiger partial charge in [0.05, 0.1) is 6.10 Å². The van der Waals surface area contributed by atoms with Gasteiger partial charge in [0.15, 0.2) is 0 Å². The third-order valence-corrected chi connectivity index (χ3v) is 3.60. The summed E-state index contributed by atoms with van der Waals surface area (Å²) in [5, 5.41) is 10.1. The summed E-state index contributed by atoms with van der Waals surface area (Å²) < 4.78 is 0. The fraction of sp³-hybridized carbons (Fsp3) is 0.571. The first-order valence-electron chi connectivity index (χ1n) is 6.24. The maximum atomic E-state index is 10.1. The Kier molecular flexibility index (Phi) is 3.62. The Labute approximate surface area is 97.5 Å². The summed E-state index contributed by atoms with van der Waals surface area (Å²) in [6.45, 7) is 2.61. The lowest BCUT2D eigenvalue weighted by molar-refractivity contribution is 0.110. The molecule has 0 bridgehead atoms. The lowest BCUT2D eigenvalue weighted by Crippen LogP contribution is -2.21. The second-order valence-electron chi connectivity index (χ2n) is 4.79. The average molecular weight is 219 g/mol. The lowest BCUT2D eigenvalue weighted by Gasteiger charge is -2.20. The maximum Gasteiger partial charge on any atom is 0.0830 e. The number of aliphatic hydroxyl groups excluding tert-OH is 1. The van der Waals surface area contributed by atoms with Crippen molar-refractivity contribution >= 4 is 0 Å². The number of rotatable bonds is 5. The highest BCUT2D eigenvalue weighted by atomic mass is 16.3. The topological polar surface area (TPSA) is 46.2 Å². The largest absolute Gasteiger partial charge is 0.388 e. The molecule has 2 unspecified atom stereocenters. The van der Waals surface area contributed by atoms with E-state index in [4.69, 9.17) is 5.73 Å². The molecule has 1 saturated carbocycles. The van der Waals surface area contributed by atoms with Crippen LogP contribution in [0.1, 0.15) is 49.3 Å². The Bertz CT molecular complexity index is 325. The van der Waals surface area contributed by atoms with E-state index in [-0.39, 0.29) is 5.92 Å². The molecular weight excluding hydrogens is 198 g/mol. The molecule has 3 N–H and O–H groups in total. The highest BCUT2D eigenvalue weighted by Gasteiger charge is 2.24. The number of hydrogen-bond acceptors (Lipinski definition) is 2. The zero-order valence-electron chi connectivity index (χ0n) is 9.89. The van der Waals surface area contributed by atoms with Crippen LogP contribution >= 0.6 is 0 Å². The van der Waals surface area contributed by atoms with Gasteiger partial charge in [-0.15, -0.1) is 0 Å². The lowest BCUT2D eigenvalue weighted by atomic mass is 9.93. The van der Waals surface area contributed by atoms with Gasteiger partial charge in [0.1, 0.15) is 0 Å². The monoisotopic (exact) mass is 219 g/mol. The second-order valence-corrected chi connectivity index (χ2v) is 4.79. The van der Waals surface area contributed by atoms with Gasteiger partial charge in [-0.05, 0) is 42.9 Å². The molecule has 0 saturated heterocycles. The van der Waals surface area contributed by atoms with Gasteiger partial charge >= 0.3 is 0 Å². The first-order valence-corrected chi connectivity index (χ1v) is 6.24. The van der Waals surface area contributed by atoms with Crippen molar-refractivity contribution in [2.45, 2.75) is 38.2 Å². The van der Waals surface area contributed by atoms with Crippen LogP contribution in [0.2, 0.25) is 0 Å². The summed E-state index contributed by atoms with van der Waals surface area (Å²) in [4.78, 5) is 0. The van der Waals surface area contributed by atoms with E-state index in [1.165, 1.54) is 18.4 Å². The van der Waals surface area contributed by atoms with Crippen LogP contribution in [0.15, 0.2) is 24.3 Å².